The number of amides is 1. The summed E-state index contributed by atoms with van der Waals surface area (Å²) >= 11 is 6.37. The highest BCUT2D eigenvalue weighted by atomic mass is 35.5. The molecule has 2 fully saturated rings. The number of benzene rings is 1. The van der Waals surface area contributed by atoms with Crippen LogP contribution >= 0.6 is 11.6 Å². The van der Waals surface area contributed by atoms with Gasteiger partial charge in [0.2, 0.25) is 0 Å². The van der Waals surface area contributed by atoms with Crippen LogP contribution in [-0.4, -0.2) is 37.0 Å². The van der Waals surface area contributed by atoms with Gasteiger partial charge in [-0.1, -0.05) is 43.4 Å². The van der Waals surface area contributed by atoms with Crippen molar-refractivity contribution in [2.45, 2.75) is 77.7 Å². The Labute approximate surface area is 176 Å². The fourth-order valence-corrected chi connectivity index (χ4v) is 5.33. The number of halogens is 1. The molecule has 3 nitrogen and oxygen atoms in total. The summed E-state index contributed by atoms with van der Waals surface area (Å²) in [5.41, 5.74) is 2.17. The second kappa shape index (κ2) is 9.63. The van der Waals surface area contributed by atoms with E-state index < -0.39 is 0 Å². The van der Waals surface area contributed by atoms with E-state index in [0.717, 1.165) is 31.8 Å². The van der Waals surface area contributed by atoms with E-state index in [-0.39, 0.29) is 5.91 Å². The molecule has 2 saturated carbocycles. The van der Waals surface area contributed by atoms with Crippen molar-refractivity contribution in [2.75, 3.05) is 20.1 Å². The average molecular weight is 405 g/mol. The number of fused-ring (bicyclic) bond motifs is 2. The first-order chi connectivity index (χ1) is 13.4. The fourth-order valence-electron chi connectivity index (χ4n) is 5.13. The van der Waals surface area contributed by atoms with Crippen molar-refractivity contribution < 1.29 is 4.79 Å². The zero-order chi connectivity index (χ0) is 20.1. The summed E-state index contributed by atoms with van der Waals surface area (Å²) in [5.74, 6) is 0.878. The van der Waals surface area contributed by atoms with E-state index in [1.54, 1.807) is 0 Å². The molecule has 0 aliphatic heterocycles. The minimum Gasteiger partial charge on any atom is -0.351 e. The molecule has 0 spiro atoms. The van der Waals surface area contributed by atoms with Gasteiger partial charge in [-0.3, -0.25) is 4.79 Å². The Balaban J connectivity index is 1.57. The third-order valence-electron chi connectivity index (χ3n) is 7.12. The van der Waals surface area contributed by atoms with Crippen LogP contribution in [0, 0.1) is 11.3 Å². The fraction of sp³-hybridized carbons (Fsp3) is 0.708. The summed E-state index contributed by atoms with van der Waals surface area (Å²) in [6.45, 7) is 6.30. The lowest BCUT2D eigenvalue weighted by Gasteiger charge is -2.45. The van der Waals surface area contributed by atoms with Crippen LogP contribution in [0.5, 0.6) is 0 Å². The molecule has 1 amide bonds. The Morgan fingerprint density at radius 3 is 2.68 bits per heavy atom. The molecule has 1 aromatic rings. The van der Waals surface area contributed by atoms with Crippen molar-refractivity contribution in [3.05, 3.63) is 34.3 Å². The zero-order valence-electron chi connectivity index (χ0n) is 17.9. The number of aryl methyl sites for hydroxylation is 1. The van der Waals surface area contributed by atoms with Crippen LogP contribution in [0.1, 0.15) is 81.1 Å². The number of hydrogen-bond acceptors (Lipinski definition) is 2. The van der Waals surface area contributed by atoms with Gasteiger partial charge in [0.05, 0.1) is 10.6 Å². The van der Waals surface area contributed by atoms with Crippen molar-refractivity contribution in [1.29, 1.82) is 0 Å². The van der Waals surface area contributed by atoms with E-state index in [2.05, 4.69) is 37.2 Å². The Morgan fingerprint density at radius 2 is 2.00 bits per heavy atom. The van der Waals surface area contributed by atoms with Gasteiger partial charge in [0, 0.05) is 12.6 Å². The van der Waals surface area contributed by atoms with Crippen molar-refractivity contribution in [1.82, 2.24) is 10.2 Å². The molecule has 0 aromatic heterocycles. The van der Waals surface area contributed by atoms with Gasteiger partial charge in [-0.15, -0.1) is 0 Å². The first-order valence-electron chi connectivity index (χ1n) is 11.2. The van der Waals surface area contributed by atoms with Gasteiger partial charge in [0.1, 0.15) is 0 Å². The summed E-state index contributed by atoms with van der Waals surface area (Å²) in [6.07, 6.45) is 11.3. The molecule has 0 radical (unpaired) electrons. The number of carbonyl (C=O) groups is 1. The molecule has 0 unspecified atom stereocenters. The van der Waals surface area contributed by atoms with Crippen LogP contribution in [0.4, 0.5) is 0 Å². The lowest BCUT2D eigenvalue weighted by atomic mass is 9.62. The molecule has 2 aliphatic carbocycles. The molecule has 0 atom stereocenters. The molecule has 2 bridgehead atoms. The Morgan fingerprint density at radius 1 is 1.29 bits per heavy atom. The smallest absolute Gasteiger partial charge is 0.252 e. The number of nitrogens with zero attached hydrogens (tertiary/aromatic N) is 1. The van der Waals surface area contributed by atoms with Crippen LogP contribution in [0.15, 0.2) is 18.2 Å². The van der Waals surface area contributed by atoms with Crippen LogP contribution in [0.25, 0.3) is 0 Å². The first-order valence-corrected chi connectivity index (χ1v) is 11.5. The highest BCUT2D eigenvalue weighted by Gasteiger charge is 2.39. The van der Waals surface area contributed by atoms with Gasteiger partial charge in [-0.2, -0.15) is 0 Å². The van der Waals surface area contributed by atoms with E-state index in [9.17, 15) is 4.79 Å². The van der Waals surface area contributed by atoms with Gasteiger partial charge >= 0.3 is 0 Å². The average Bonchev–Trinajstić information content (AvgIpc) is 2.67. The molecular weight excluding hydrogens is 368 g/mol. The first kappa shape index (κ1) is 21.6. The van der Waals surface area contributed by atoms with E-state index in [0.29, 0.717) is 22.0 Å². The monoisotopic (exact) mass is 404 g/mol. The molecule has 4 heteroatoms. The topological polar surface area (TPSA) is 32.3 Å². The molecule has 2 aliphatic rings. The van der Waals surface area contributed by atoms with Crippen LogP contribution in [-0.2, 0) is 6.42 Å². The number of rotatable bonds is 8. The second-order valence-electron chi connectivity index (χ2n) is 9.53. The predicted octanol–water partition coefficient (Wildman–Crippen LogP) is 5.70. The van der Waals surface area contributed by atoms with E-state index in [1.165, 1.54) is 50.5 Å². The third-order valence-corrected chi connectivity index (χ3v) is 7.45. The maximum atomic E-state index is 12.9. The van der Waals surface area contributed by atoms with E-state index in [1.807, 2.05) is 12.1 Å². The maximum absolute atomic E-state index is 12.9. The number of hydrogen-bond donors (Lipinski definition) is 1. The van der Waals surface area contributed by atoms with Gasteiger partial charge in [0.25, 0.3) is 5.91 Å². The molecule has 28 heavy (non-hydrogen) atoms. The van der Waals surface area contributed by atoms with E-state index in [4.69, 9.17) is 11.6 Å². The Bertz CT molecular complexity index is 663. The minimum atomic E-state index is -0.00628. The highest BCUT2D eigenvalue weighted by molar-refractivity contribution is 6.33. The van der Waals surface area contributed by atoms with Gasteiger partial charge in [-0.25, -0.2) is 0 Å². The zero-order valence-corrected chi connectivity index (χ0v) is 18.7. The molecule has 156 valence electrons. The standard InChI is InChI=1S/C24H37ClN2O/c1-18(2)27(3)14-6-9-19-10-11-22(25)21(15-19)23(28)26-17-24-12-4-7-20(16-24)8-5-13-24/h10-11,15,18,20H,4-9,12-14,16-17H2,1-3H3,(H,26,28). The third kappa shape index (κ3) is 5.51. The Hall–Kier alpha value is -1.06. The lowest BCUT2D eigenvalue weighted by molar-refractivity contribution is 0.0682. The SMILES string of the molecule is CC(C)N(C)CCCc1ccc(Cl)c(C(=O)NCC23CCCC(CCC2)C3)c1. The highest BCUT2D eigenvalue weighted by Crippen LogP contribution is 2.48. The van der Waals surface area contributed by atoms with Crippen molar-refractivity contribution in [3.8, 4) is 0 Å². The van der Waals surface area contributed by atoms with Gasteiger partial charge in [0.15, 0.2) is 0 Å². The number of nitrogens with one attached hydrogen (secondary N) is 1. The Kier molecular flexibility index (Phi) is 7.44. The van der Waals surface area contributed by atoms with Crippen molar-refractivity contribution >= 4 is 17.5 Å². The summed E-state index contributed by atoms with van der Waals surface area (Å²) in [5, 5.41) is 3.80. The summed E-state index contributed by atoms with van der Waals surface area (Å²) in [4.78, 5) is 15.2. The molecular formula is C24H37ClN2O. The van der Waals surface area contributed by atoms with Crippen molar-refractivity contribution in [2.24, 2.45) is 11.3 Å². The lowest BCUT2D eigenvalue weighted by Crippen LogP contribution is -2.43. The molecule has 0 saturated heterocycles. The van der Waals surface area contributed by atoms with E-state index >= 15 is 0 Å². The van der Waals surface area contributed by atoms with Gasteiger partial charge < -0.3 is 10.2 Å². The second-order valence-corrected chi connectivity index (χ2v) is 9.94. The summed E-state index contributed by atoms with van der Waals surface area (Å²) in [6, 6.07) is 6.49. The van der Waals surface area contributed by atoms with Crippen LogP contribution in [0.2, 0.25) is 5.02 Å². The summed E-state index contributed by atoms with van der Waals surface area (Å²) in [7, 11) is 2.16. The molecule has 3 rings (SSSR count). The number of carbonyl (C=O) groups excluding carboxylic acids is 1. The molecule has 1 N–H and O–H groups in total. The van der Waals surface area contributed by atoms with Gasteiger partial charge in [-0.05, 0) is 88.6 Å². The van der Waals surface area contributed by atoms with Crippen LogP contribution < -0.4 is 5.32 Å². The van der Waals surface area contributed by atoms with Crippen LogP contribution in [0.3, 0.4) is 0 Å². The predicted molar refractivity (Wildman–Crippen MR) is 118 cm³/mol. The maximum Gasteiger partial charge on any atom is 0.252 e. The molecule has 1 aromatic carbocycles. The quantitative estimate of drug-likeness (QED) is 0.602. The molecule has 0 heterocycles. The van der Waals surface area contributed by atoms with Crippen molar-refractivity contribution in [3.63, 3.8) is 0 Å². The minimum absolute atomic E-state index is 0.00628. The largest absolute Gasteiger partial charge is 0.351 e. The summed E-state index contributed by atoms with van der Waals surface area (Å²) < 4.78 is 0. The normalized spacial score (nSPS) is 24.6.